The van der Waals surface area contributed by atoms with E-state index in [0.29, 0.717) is 12.5 Å². The van der Waals surface area contributed by atoms with Gasteiger partial charge in [-0.15, -0.1) is 0 Å². The van der Waals surface area contributed by atoms with Crippen molar-refractivity contribution in [3.05, 3.63) is 0 Å². The van der Waals surface area contributed by atoms with Crippen LogP contribution < -0.4 is 11.1 Å². The van der Waals surface area contributed by atoms with Crippen molar-refractivity contribution >= 4 is 11.9 Å². The Morgan fingerprint density at radius 2 is 2.00 bits per heavy atom. The first-order chi connectivity index (χ1) is 10.0. The number of nitrogens with one attached hydrogen (secondary N) is 1. The van der Waals surface area contributed by atoms with Crippen molar-refractivity contribution in [2.45, 2.75) is 39.2 Å². The van der Waals surface area contributed by atoms with Crippen molar-refractivity contribution in [2.24, 2.45) is 17.6 Å². The fourth-order valence-corrected chi connectivity index (χ4v) is 2.60. The van der Waals surface area contributed by atoms with Gasteiger partial charge in [0.2, 0.25) is 5.91 Å². The summed E-state index contributed by atoms with van der Waals surface area (Å²) in [5, 5.41) is 2.81. The number of amides is 1. The zero-order valence-corrected chi connectivity index (χ0v) is 13.4. The Morgan fingerprint density at radius 1 is 1.38 bits per heavy atom. The average Bonchev–Trinajstić information content (AvgIpc) is 2.51. The molecule has 1 aliphatic heterocycles. The first-order valence-corrected chi connectivity index (χ1v) is 7.81. The molecule has 6 nitrogen and oxygen atoms in total. The van der Waals surface area contributed by atoms with E-state index in [1.54, 1.807) is 0 Å². The molecule has 0 bridgehead atoms. The smallest absolute Gasteiger partial charge is 0.328 e. The molecular weight excluding hydrogens is 270 g/mol. The van der Waals surface area contributed by atoms with E-state index in [0.717, 1.165) is 38.9 Å². The third kappa shape index (κ3) is 5.63. The van der Waals surface area contributed by atoms with Crippen molar-refractivity contribution in [3.63, 3.8) is 0 Å². The molecule has 0 aliphatic carbocycles. The molecule has 2 atom stereocenters. The Morgan fingerprint density at radius 3 is 2.48 bits per heavy atom. The van der Waals surface area contributed by atoms with Crippen LogP contribution in [0.25, 0.3) is 0 Å². The minimum absolute atomic E-state index is 0.0596. The van der Waals surface area contributed by atoms with Crippen LogP contribution >= 0.6 is 0 Å². The van der Waals surface area contributed by atoms with E-state index in [9.17, 15) is 9.59 Å². The van der Waals surface area contributed by atoms with Crippen LogP contribution in [0, 0.1) is 11.8 Å². The van der Waals surface area contributed by atoms with Crippen molar-refractivity contribution in [3.8, 4) is 0 Å². The highest BCUT2D eigenvalue weighted by Gasteiger charge is 2.27. The van der Waals surface area contributed by atoms with Gasteiger partial charge in [0.05, 0.1) is 13.7 Å². The molecule has 0 aromatic carbocycles. The molecule has 1 fully saturated rings. The average molecular weight is 299 g/mol. The molecule has 2 unspecified atom stereocenters. The lowest BCUT2D eigenvalue weighted by Gasteiger charge is -2.31. The number of esters is 1. The van der Waals surface area contributed by atoms with E-state index in [2.05, 4.69) is 10.2 Å². The molecule has 3 N–H and O–H groups in total. The van der Waals surface area contributed by atoms with E-state index in [1.165, 1.54) is 7.11 Å². The summed E-state index contributed by atoms with van der Waals surface area (Å²) in [6, 6.07) is -0.561. The molecule has 21 heavy (non-hydrogen) atoms. The molecule has 1 rings (SSSR count). The number of ether oxygens (including phenoxy) is 1. The number of hydrogen-bond acceptors (Lipinski definition) is 5. The second kappa shape index (κ2) is 9.00. The predicted molar refractivity (Wildman–Crippen MR) is 81.6 cm³/mol. The van der Waals surface area contributed by atoms with E-state index in [-0.39, 0.29) is 17.8 Å². The highest BCUT2D eigenvalue weighted by molar-refractivity contribution is 5.85. The molecule has 1 saturated heterocycles. The number of nitrogens with two attached hydrogens (primary N) is 1. The third-order valence-electron chi connectivity index (χ3n) is 4.39. The number of piperidine rings is 1. The first-order valence-electron chi connectivity index (χ1n) is 7.81. The van der Waals surface area contributed by atoms with Crippen LogP contribution in [-0.2, 0) is 14.3 Å². The summed E-state index contributed by atoms with van der Waals surface area (Å²) >= 11 is 0. The van der Waals surface area contributed by atoms with Crippen LogP contribution in [-0.4, -0.2) is 56.1 Å². The van der Waals surface area contributed by atoms with E-state index >= 15 is 0 Å². The summed E-state index contributed by atoms with van der Waals surface area (Å²) < 4.78 is 4.77. The molecule has 0 aromatic rings. The van der Waals surface area contributed by atoms with Gasteiger partial charge in [0.25, 0.3) is 0 Å². The van der Waals surface area contributed by atoms with Gasteiger partial charge in [-0.3, -0.25) is 9.69 Å². The van der Waals surface area contributed by atoms with E-state index < -0.39 is 6.04 Å². The minimum Gasteiger partial charge on any atom is -0.467 e. The topological polar surface area (TPSA) is 84.7 Å². The first kappa shape index (κ1) is 17.9. The normalized spacial score (nSPS) is 19.8. The summed E-state index contributed by atoms with van der Waals surface area (Å²) in [5.74, 6) is 0.146. The van der Waals surface area contributed by atoms with Gasteiger partial charge in [0, 0.05) is 0 Å². The number of carbonyl (C=O) groups is 2. The third-order valence-corrected chi connectivity index (χ3v) is 4.39. The maximum absolute atomic E-state index is 12.1. The summed E-state index contributed by atoms with van der Waals surface area (Å²) in [5.41, 5.74) is 5.66. The molecule has 0 aromatic heterocycles. The Balaban J connectivity index is 2.45. The Hall–Kier alpha value is -1.14. The zero-order chi connectivity index (χ0) is 15.8. The van der Waals surface area contributed by atoms with Gasteiger partial charge in [-0.05, 0) is 44.3 Å². The highest BCUT2D eigenvalue weighted by atomic mass is 16.5. The van der Waals surface area contributed by atoms with Crippen LogP contribution in [0.2, 0.25) is 0 Å². The zero-order valence-electron chi connectivity index (χ0n) is 13.4. The van der Waals surface area contributed by atoms with E-state index in [1.807, 2.05) is 13.8 Å². The largest absolute Gasteiger partial charge is 0.467 e. The second-order valence-corrected chi connectivity index (χ2v) is 5.91. The van der Waals surface area contributed by atoms with Gasteiger partial charge in [-0.25, -0.2) is 4.79 Å². The summed E-state index contributed by atoms with van der Waals surface area (Å²) in [6.07, 6.45) is 2.88. The van der Waals surface area contributed by atoms with Gasteiger partial charge in [0.15, 0.2) is 0 Å². The number of methoxy groups -OCH3 is 1. The summed E-state index contributed by atoms with van der Waals surface area (Å²) in [7, 11) is 1.35. The van der Waals surface area contributed by atoms with Crippen LogP contribution in [0.3, 0.4) is 0 Å². The fourth-order valence-electron chi connectivity index (χ4n) is 2.60. The number of carbonyl (C=O) groups excluding carboxylic acids is 2. The van der Waals surface area contributed by atoms with Crippen LogP contribution in [0.15, 0.2) is 0 Å². The fraction of sp³-hybridized carbons (Fsp3) is 0.867. The van der Waals surface area contributed by atoms with Crippen molar-refractivity contribution in [1.82, 2.24) is 10.2 Å². The number of nitrogens with zero attached hydrogens (tertiary/aromatic N) is 1. The molecule has 1 amide bonds. The van der Waals surface area contributed by atoms with Crippen LogP contribution in [0.1, 0.15) is 33.1 Å². The van der Waals surface area contributed by atoms with Gasteiger partial charge in [-0.2, -0.15) is 0 Å². The lowest BCUT2D eigenvalue weighted by Crippen LogP contribution is -2.50. The van der Waals surface area contributed by atoms with Crippen LogP contribution in [0.4, 0.5) is 0 Å². The Labute approximate surface area is 127 Å². The maximum atomic E-state index is 12.1. The lowest BCUT2D eigenvalue weighted by atomic mass is 9.97. The molecule has 1 aliphatic rings. The maximum Gasteiger partial charge on any atom is 0.328 e. The standard InChI is InChI=1S/C15H29N3O3/c1-4-11(2)14(15(20)21-3)17-13(19)10-18-7-5-12(9-16)6-8-18/h11-12,14H,4-10,16H2,1-3H3,(H,17,19). The highest BCUT2D eigenvalue weighted by Crippen LogP contribution is 2.15. The molecule has 0 spiro atoms. The molecule has 6 heteroatoms. The van der Waals surface area contributed by atoms with Gasteiger partial charge < -0.3 is 15.8 Å². The molecule has 0 radical (unpaired) electrons. The van der Waals surface area contributed by atoms with Gasteiger partial charge in [0.1, 0.15) is 6.04 Å². The monoisotopic (exact) mass is 299 g/mol. The lowest BCUT2D eigenvalue weighted by molar-refractivity contribution is -0.146. The molecule has 0 saturated carbocycles. The minimum atomic E-state index is -0.561. The number of hydrogen-bond donors (Lipinski definition) is 2. The van der Waals surface area contributed by atoms with E-state index in [4.69, 9.17) is 10.5 Å². The van der Waals surface area contributed by atoms with Gasteiger partial charge in [-0.1, -0.05) is 20.3 Å². The molecular formula is C15H29N3O3. The molecule has 122 valence electrons. The predicted octanol–water partition coefficient (Wildman–Crippen LogP) is 0.361. The van der Waals surface area contributed by atoms with Gasteiger partial charge >= 0.3 is 5.97 Å². The quantitative estimate of drug-likeness (QED) is 0.663. The Kier molecular flexibility index (Phi) is 7.67. The SMILES string of the molecule is CCC(C)C(NC(=O)CN1CCC(CN)CC1)C(=O)OC. The van der Waals surface area contributed by atoms with Crippen molar-refractivity contribution < 1.29 is 14.3 Å². The van der Waals surface area contributed by atoms with Crippen LogP contribution in [0.5, 0.6) is 0 Å². The van der Waals surface area contributed by atoms with Crippen molar-refractivity contribution in [1.29, 1.82) is 0 Å². The summed E-state index contributed by atoms with van der Waals surface area (Å²) in [4.78, 5) is 26.0. The summed E-state index contributed by atoms with van der Waals surface area (Å²) in [6.45, 7) is 6.77. The Bertz CT molecular complexity index is 341. The number of likely N-dealkylation sites (tertiary alicyclic amines) is 1. The molecule has 1 heterocycles. The number of rotatable bonds is 7. The van der Waals surface area contributed by atoms with Crippen molar-refractivity contribution in [2.75, 3.05) is 33.3 Å². The second-order valence-electron chi connectivity index (χ2n) is 5.91.